The first-order chi connectivity index (χ1) is 15.4. The van der Waals surface area contributed by atoms with E-state index in [1.165, 1.54) is 53.0 Å². The van der Waals surface area contributed by atoms with Gasteiger partial charge in [-0.25, -0.2) is 18.4 Å². The van der Waals surface area contributed by atoms with Crippen LogP contribution in [0, 0.1) is 0 Å². The second-order valence-corrected chi connectivity index (χ2v) is 10.6. The third-order valence-electron chi connectivity index (χ3n) is 4.83. The first-order valence-corrected chi connectivity index (χ1v) is 12.6. The highest BCUT2D eigenvalue weighted by Gasteiger charge is 2.31. The molecule has 0 atom stereocenters. The normalized spacial score (nSPS) is 14.1. The number of aromatic nitrogens is 2. The highest BCUT2D eigenvalue weighted by molar-refractivity contribution is 7.91. The zero-order valence-corrected chi connectivity index (χ0v) is 18.7. The third kappa shape index (κ3) is 3.60. The van der Waals surface area contributed by atoms with E-state index in [0.29, 0.717) is 0 Å². The van der Waals surface area contributed by atoms with Crippen molar-refractivity contribution in [3.05, 3.63) is 75.6 Å². The van der Waals surface area contributed by atoms with Gasteiger partial charge in [-0.2, -0.15) is 0 Å². The van der Waals surface area contributed by atoms with Gasteiger partial charge in [-0.15, -0.1) is 22.7 Å². The van der Waals surface area contributed by atoms with E-state index in [-0.39, 0.29) is 33.2 Å². The fraction of sp³-hybridized carbons (Fsp3) is 0.0476. The summed E-state index contributed by atoms with van der Waals surface area (Å²) in [6.07, 6.45) is 1.68. The minimum Gasteiger partial charge on any atom is -0.347 e. The summed E-state index contributed by atoms with van der Waals surface area (Å²) in [5.74, 6) is -0.940. The summed E-state index contributed by atoms with van der Waals surface area (Å²) in [6.45, 7) is 0.258. The Labute approximate surface area is 190 Å². The van der Waals surface area contributed by atoms with Gasteiger partial charge >= 0.3 is 0 Å². The third-order valence-corrected chi connectivity index (χ3v) is 8.31. The Morgan fingerprint density at radius 3 is 2.75 bits per heavy atom. The number of thiazole rings is 2. The lowest BCUT2D eigenvalue weighted by atomic mass is 10.1. The van der Waals surface area contributed by atoms with E-state index in [1.807, 2.05) is 5.38 Å². The molecule has 32 heavy (non-hydrogen) atoms. The quantitative estimate of drug-likeness (QED) is 0.459. The molecule has 0 spiro atoms. The monoisotopic (exact) mass is 482 g/mol. The summed E-state index contributed by atoms with van der Waals surface area (Å²) in [4.78, 5) is 34.5. The number of anilines is 1. The molecule has 4 aromatic rings. The van der Waals surface area contributed by atoms with Crippen molar-refractivity contribution in [1.82, 2.24) is 15.3 Å². The number of benzene rings is 2. The molecule has 2 amide bonds. The number of rotatable bonds is 4. The Morgan fingerprint density at radius 2 is 1.94 bits per heavy atom. The predicted molar refractivity (Wildman–Crippen MR) is 121 cm³/mol. The number of nitrogens with zero attached hydrogens (tertiary/aromatic N) is 2. The number of carbonyl (C=O) groups is 2. The Bertz CT molecular complexity index is 1460. The molecule has 0 saturated heterocycles. The summed E-state index contributed by atoms with van der Waals surface area (Å²) >= 11 is 2.91. The van der Waals surface area contributed by atoms with Gasteiger partial charge in [0.05, 0.1) is 33.1 Å². The minimum atomic E-state index is -3.91. The lowest BCUT2D eigenvalue weighted by Gasteiger charge is -2.10. The average molecular weight is 483 g/mol. The van der Waals surface area contributed by atoms with Crippen molar-refractivity contribution in [2.24, 2.45) is 0 Å². The average Bonchev–Trinajstić information content (AvgIpc) is 3.47. The fourth-order valence-corrected chi connectivity index (χ4v) is 6.32. The van der Waals surface area contributed by atoms with Crippen LogP contribution in [0.1, 0.15) is 25.6 Å². The SMILES string of the molecule is O=C(NCc1cnc(-c2cscn2)s1)c1ccc2c(c1)NC(=O)c1ccccc1S2(=O)=O. The van der Waals surface area contributed by atoms with Gasteiger partial charge in [-0.1, -0.05) is 12.1 Å². The van der Waals surface area contributed by atoms with Crippen LogP contribution in [0.3, 0.4) is 0 Å². The van der Waals surface area contributed by atoms with Crippen molar-refractivity contribution in [2.45, 2.75) is 16.3 Å². The molecule has 0 radical (unpaired) electrons. The smallest absolute Gasteiger partial charge is 0.257 e. The highest BCUT2D eigenvalue weighted by atomic mass is 32.2. The van der Waals surface area contributed by atoms with E-state index in [0.717, 1.165) is 15.6 Å². The standard InChI is InChI=1S/C21H14N4O4S3/c26-19(22-8-13-9-23-21(31-13)16-10-30-11-24-16)12-5-6-18-15(7-12)25-20(27)14-3-1-2-4-17(14)32(18,28)29/h1-7,9-11H,8H2,(H,22,26)(H,25,27). The molecule has 3 heterocycles. The lowest BCUT2D eigenvalue weighted by Crippen LogP contribution is -2.22. The summed E-state index contributed by atoms with van der Waals surface area (Å²) < 4.78 is 26.1. The minimum absolute atomic E-state index is 0.0530. The topological polar surface area (TPSA) is 118 Å². The Morgan fingerprint density at radius 1 is 1.09 bits per heavy atom. The molecule has 2 aromatic carbocycles. The van der Waals surface area contributed by atoms with Crippen LogP contribution in [0.15, 0.2) is 69.3 Å². The zero-order chi connectivity index (χ0) is 22.3. The molecule has 160 valence electrons. The number of fused-ring (bicyclic) bond motifs is 2. The molecule has 8 nitrogen and oxygen atoms in total. The Kier molecular flexibility index (Phi) is 5.08. The number of hydrogen-bond acceptors (Lipinski definition) is 8. The van der Waals surface area contributed by atoms with Crippen LogP contribution in [0.25, 0.3) is 10.7 Å². The highest BCUT2D eigenvalue weighted by Crippen LogP contribution is 2.34. The molecule has 0 saturated carbocycles. The predicted octanol–water partition coefficient (Wildman–Crippen LogP) is 3.60. The van der Waals surface area contributed by atoms with Crippen molar-refractivity contribution in [3.63, 3.8) is 0 Å². The molecule has 1 aliphatic rings. The van der Waals surface area contributed by atoms with E-state index < -0.39 is 21.7 Å². The summed E-state index contributed by atoms with van der Waals surface area (Å²) in [5.41, 5.74) is 2.89. The molecule has 2 N–H and O–H groups in total. The van der Waals surface area contributed by atoms with Crippen molar-refractivity contribution in [3.8, 4) is 10.7 Å². The fourth-order valence-electron chi connectivity index (χ4n) is 3.30. The molecule has 0 bridgehead atoms. The van der Waals surface area contributed by atoms with Crippen LogP contribution in [0.5, 0.6) is 0 Å². The first kappa shape index (κ1) is 20.5. The summed E-state index contributed by atoms with van der Waals surface area (Å²) in [7, 11) is -3.91. The molecule has 0 aliphatic carbocycles. The number of amides is 2. The molecular weight excluding hydrogens is 468 g/mol. The summed E-state index contributed by atoms with van der Waals surface area (Å²) in [6, 6.07) is 10.2. The van der Waals surface area contributed by atoms with E-state index in [9.17, 15) is 18.0 Å². The van der Waals surface area contributed by atoms with Crippen LogP contribution < -0.4 is 10.6 Å². The maximum atomic E-state index is 13.0. The van der Waals surface area contributed by atoms with E-state index in [1.54, 1.807) is 23.8 Å². The van der Waals surface area contributed by atoms with E-state index >= 15 is 0 Å². The molecule has 0 unspecified atom stereocenters. The van der Waals surface area contributed by atoms with Gasteiger partial charge in [0.1, 0.15) is 10.7 Å². The van der Waals surface area contributed by atoms with Crippen LogP contribution >= 0.6 is 22.7 Å². The largest absolute Gasteiger partial charge is 0.347 e. The maximum absolute atomic E-state index is 13.0. The van der Waals surface area contributed by atoms with Gasteiger partial charge in [0.2, 0.25) is 9.84 Å². The Hall–Kier alpha value is -3.41. The van der Waals surface area contributed by atoms with E-state index in [4.69, 9.17) is 0 Å². The zero-order valence-electron chi connectivity index (χ0n) is 16.2. The van der Waals surface area contributed by atoms with Gasteiger partial charge in [-0.3, -0.25) is 9.59 Å². The number of sulfone groups is 1. The number of nitrogens with one attached hydrogen (secondary N) is 2. The van der Waals surface area contributed by atoms with Crippen LogP contribution in [-0.2, 0) is 16.4 Å². The van der Waals surface area contributed by atoms with Crippen molar-refractivity contribution in [1.29, 1.82) is 0 Å². The van der Waals surface area contributed by atoms with Crippen molar-refractivity contribution >= 4 is 50.0 Å². The molecule has 2 aromatic heterocycles. The Balaban J connectivity index is 1.38. The van der Waals surface area contributed by atoms with Gasteiger partial charge < -0.3 is 10.6 Å². The van der Waals surface area contributed by atoms with Crippen LogP contribution in [-0.4, -0.2) is 30.2 Å². The molecule has 11 heteroatoms. The van der Waals surface area contributed by atoms with Gasteiger partial charge in [-0.05, 0) is 30.3 Å². The lowest BCUT2D eigenvalue weighted by molar-refractivity contribution is 0.0949. The second-order valence-electron chi connectivity index (χ2n) is 6.85. The maximum Gasteiger partial charge on any atom is 0.257 e. The van der Waals surface area contributed by atoms with Crippen LogP contribution in [0.4, 0.5) is 5.69 Å². The van der Waals surface area contributed by atoms with Crippen molar-refractivity contribution in [2.75, 3.05) is 5.32 Å². The van der Waals surface area contributed by atoms with Gasteiger partial charge in [0, 0.05) is 22.0 Å². The molecule has 5 rings (SSSR count). The molecular formula is C21H14N4O4S3. The van der Waals surface area contributed by atoms with Crippen molar-refractivity contribution < 1.29 is 18.0 Å². The van der Waals surface area contributed by atoms with Crippen LogP contribution in [0.2, 0.25) is 0 Å². The van der Waals surface area contributed by atoms with Gasteiger partial charge in [0.25, 0.3) is 11.8 Å². The van der Waals surface area contributed by atoms with Gasteiger partial charge in [0.15, 0.2) is 0 Å². The van der Waals surface area contributed by atoms with E-state index in [2.05, 4.69) is 20.6 Å². The summed E-state index contributed by atoms with van der Waals surface area (Å²) in [5, 5.41) is 8.08. The number of carbonyl (C=O) groups excluding carboxylic acids is 2. The molecule has 1 aliphatic heterocycles. The first-order valence-electron chi connectivity index (χ1n) is 9.34. The molecule has 0 fully saturated rings. The second kappa shape index (κ2) is 7.93. The number of hydrogen-bond donors (Lipinski definition) is 2.